The van der Waals surface area contributed by atoms with Crippen molar-refractivity contribution in [3.05, 3.63) is 28.8 Å². The van der Waals surface area contributed by atoms with Crippen LogP contribution in [-0.4, -0.2) is 39.1 Å². The highest BCUT2D eigenvalue weighted by Crippen LogP contribution is 2.24. The fourth-order valence-electron chi connectivity index (χ4n) is 2.00. The first-order chi connectivity index (χ1) is 11.4. The van der Waals surface area contributed by atoms with E-state index in [2.05, 4.69) is 10.0 Å². The predicted molar refractivity (Wildman–Crippen MR) is 99.6 cm³/mol. The molecular weight excluding hydrogens is 364 g/mol. The Labute approximate surface area is 155 Å². The van der Waals surface area contributed by atoms with Gasteiger partial charge >= 0.3 is 0 Å². The van der Waals surface area contributed by atoms with Gasteiger partial charge < -0.3 is 10.1 Å². The van der Waals surface area contributed by atoms with Gasteiger partial charge in [0.2, 0.25) is 10.0 Å². The highest BCUT2D eigenvalue weighted by Gasteiger charge is 2.25. The van der Waals surface area contributed by atoms with Gasteiger partial charge in [-0.3, -0.25) is 4.79 Å². The lowest BCUT2D eigenvalue weighted by molar-refractivity contribution is 0.0757. The minimum Gasteiger partial charge on any atom is -0.379 e. The summed E-state index contributed by atoms with van der Waals surface area (Å²) in [6.07, 6.45) is 0.823. The number of nitrogens with one attached hydrogen (secondary N) is 2. The quantitative estimate of drug-likeness (QED) is 0.668. The summed E-state index contributed by atoms with van der Waals surface area (Å²) in [4.78, 5) is 12.1. The summed E-state index contributed by atoms with van der Waals surface area (Å²) in [5, 5.41) is 2.81. The van der Waals surface area contributed by atoms with Crippen LogP contribution >= 0.6 is 11.6 Å². The second kappa shape index (κ2) is 8.98. The Morgan fingerprint density at radius 2 is 1.92 bits per heavy atom. The first-order valence-corrected chi connectivity index (χ1v) is 10.0. The van der Waals surface area contributed by atoms with Crippen LogP contribution in [0.1, 0.15) is 51.4 Å². The van der Waals surface area contributed by atoms with E-state index in [1.54, 1.807) is 20.8 Å². The van der Waals surface area contributed by atoms with Gasteiger partial charge in [-0.05, 0) is 59.2 Å². The minimum atomic E-state index is -3.83. The maximum atomic E-state index is 12.5. The number of sulfonamides is 1. The molecule has 0 unspecified atom stereocenters. The predicted octanol–water partition coefficient (Wildman–Crippen LogP) is 2.96. The van der Waals surface area contributed by atoms with Crippen molar-refractivity contribution in [2.45, 2.75) is 57.6 Å². The summed E-state index contributed by atoms with van der Waals surface area (Å²) in [6, 6.07) is 4.20. The minimum absolute atomic E-state index is 0.0682. The zero-order valence-corrected chi connectivity index (χ0v) is 16.9. The molecule has 142 valence electrons. The molecule has 0 radical (unpaired) electrons. The van der Waals surface area contributed by atoms with Crippen molar-refractivity contribution in [3.63, 3.8) is 0 Å². The third kappa shape index (κ3) is 7.73. The van der Waals surface area contributed by atoms with Gasteiger partial charge in [0.1, 0.15) is 4.90 Å². The van der Waals surface area contributed by atoms with E-state index in [-0.39, 0.29) is 27.5 Å². The van der Waals surface area contributed by atoms with Crippen LogP contribution in [0.4, 0.5) is 0 Å². The van der Waals surface area contributed by atoms with Crippen molar-refractivity contribution in [3.8, 4) is 0 Å². The Bertz CT molecular complexity index is 697. The Kier molecular flexibility index (Phi) is 7.87. The van der Waals surface area contributed by atoms with E-state index in [9.17, 15) is 13.2 Å². The van der Waals surface area contributed by atoms with Gasteiger partial charge in [-0.2, -0.15) is 0 Å². The number of rotatable bonds is 8. The lowest BCUT2D eigenvalue weighted by Gasteiger charge is -2.21. The third-order valence-electron chi connectivity index (χ3n) is 2.98. The van der Waals surface area contributed by atoms with Gasteiger partial charge in [0, 0.05) is 24.3 Å². The first-order valence-electron chi connectivity index (χ1n) is 8.16. The molecule has 8 heteroatoms. The summed E-state index contributed by atoms with van der Waals surface area (Å²) in [5.74, 6) is -0.353. The molecule has 0 heterocycles. The van der Waals surface area contributed by atoms with Gasteiger partial charge in [0.15, 0.2) is 0 Å². The summed E-state index contributed by atoms with van der Waals surface area (Å²) in [6.45, 7) is 10.1. The number of ether oxygens (including phenoxy) is 1. The molecule has 0 saturated carbocycles. The number of carbonyl (C=O) groups is 1. The maximum Gasteiger partial charge on any atom is 0.251 e. The van der Waals surface area contributed by atoms with Crippen molar-refractivity contribution in [1.82, 2.24) is 10.0 Å². The van der Waals surface area contributed by atoms with Gasteiger partial charge in [-0.1, -0.05) is 11.6 Å². The summed E-state index contributed by atoms with van der Waals surface area (Å²) >= 11 is 6.02. The maximum absolute atomic E-state index is 12.5. The topological polar surface area (TPSA) is 84.5 Å². The summed E-state index contributed by atoms with van der Waals surface area (Å²) in [7, 11) is -3.83. The highest BCUT2D eigenvalue weighted by atomic mass is 35.5. The molecule has 0 bridgehead atoms. The third-order valence-corrected chi connectivity index (χ3v) is 5.22. The molecular formula is C17H27ClN2O4S. The molecule has 25 heavy (non-hydrogen) atoms. The fourth-order valence-corrected chi connectivity index (χ4v) is 3.95. The fraction of sp³-hybridized carbons (Fsp3) is 0.588. The monoisotopic (exact) mass is 390 g/mol. The lowest BCUT2D eigenvalue weighted by Crippen LogP contribution is -2.40. The molecule has 1 rings (SSSR count). The molecule has 0 aliphatic heterocycles. The van der Waals surface area contributed by atoms with E-state index >= 15 is 0 Å². The van der Waals surface area contributed by atoms with E-state index < -0.39 is 15.6 Å². The SMILES string of the molecule is CC(C)OCCCNC(=O)c1ccc(Cl)c(S(=O)(=O)NC(C)(C)C)c1. The Morgan fingerprint density at radius 3 is 2.48 bits per heavy atom. The molecule has 1 aromatic rings. The Morgan fingerprint density at radius 1 is 1.28 bits per heavy atom. The molecule has 0 aliphatic carbocycles. The molecule has 0 fully saturated rings. The molecule has 1 aromatic carbocycles. The average Bonchev–Trinajstić information content (AvgIpc) is 2.44. The van der Waals surface area contributed by atoms with Crippen LogP contribution in [0.2, 0.25) is 5.02 Å². The van der Waals surface area contributed by atoms with Gasteiger partial charge in [0.05, 0.1) is 11.1 Å². The van der Waals surface area contributed by atoms with Crippen LogP contribution in [0.15, 0.2) is 23.1 Å². The molecule has 0 aliphatic rings. The lowest BCUT2D eigenvalue weighted by atomic mass is 10.1. The number of hydrogen-bond donors (Lipinski definition) is 2. The van der Waals surface area contributed by atoms with Crippen molar-refractivity contribution in [1.29, 1.82) is 0 Å². The smallest absolute Gasteiger partial charge is 0.251 e. The van der Waals surface area contributed by atoms with Crippen molar-refractivity contribution < 1.29 is 17.9 Å². The van der Waals surface area contributed by atoms with Gasteiger partial charge in [0.25, 0.3) is 5.91 Å². The van der Waals surface area contributed by atoms with Crippen LogP contribution in [-0.2, 0) is 14.8 Å². The second-order valence-corrected chi connectivity index (χ2v) is 9.09. The second-order valence-electron chi connectivity index (χ2n) is 7.03. The van der Waals surface area contributed by atoms with Gasteiger partial charge in [-0.15, -0.1) is 0 Å². The normalized spacial score (nSPS) is 12.4. The van der Waals surface area contributed by atoms with Gasteiger partial charge in [-0.25, -0.2) is 13.1 Å². The molecule has 6 nitrogen and oxygen atoms in total. The average molecular weight is 391 g/mol. The van der Waals surface area contributed by atoms with E-state index in [0.717, 1.165) is 0 Å². The molecule has 0 spiro atoms. The van der Waals surface area contributed by atoms with Crippen molar-refractivity contribution >= 4 is 27.5 Å². The zero-order valence-electron chi connectivity index (χ0n) is 15.3. The molecule has 2 N–H and O–H groups in total. The van der Waals surface area contributed by atoms with Crippen LogP contribution in [0.5, 0.6) is 0 Å². The number of amides is 1. The largest absolute Gasteiger partial charge is 0.379 e. The van der Waals surface area contributed by atoms with E-state index in [0.29, 0.717) is 19.6 Å². The molecule has 0 aromatic heterocycles. The van der Waals surface area contributed by atoms with Crippen LogP contribution in [0.3, 0.4) is 0 Å². The Hall–Kier alpha value is -1.15. The van der Waals surface area contributed by atoms with E-state index in [1.807, 2.05) is 13.8 Å². The standard InChI is InChI=1S/C17H27ClN2O4S/c1-12(2)24-10-6-9-19-16(21)13-7-8-14(18)15(11-13)25(22,23)20-17(3,4)5/h7-8,11-12,20H,6,9-10H2,1-5H3,(H,19,21). The summed E-state index contributed by atoms with van der Waals surface area (Å²) < 4.78 is 32.9. The first kappa shape index (κ1) is 21.9. The van der Waals surface area contributed by atoms with Crippen molar-refractivity contribution in [2.75, 3.05) is 13.2 Å². The number of benzene rings is 1. The Balaban J connectivity index is 2.82. The van der Waals surface area contributed by atoms with E-state index in [1.165, 1.54) is 18.2 Å². The van der Waals surface area contributed by atoms with Crippen LogP contribution in [0.25, 0.3) is 0 Å². The molecule has 1 amide bonds. The number of carbonyl (C=O) groups excluding carboxylic acids is 1. The van der Waals surface area contributed by atoms with Crippen molar-refractivity contribution in [2.24, 2.45) is 0 Å². The summed E-state index contributed by atoms with van der Waals surface area (Å²) in [5.41, 5.74) is -0.417. The van der Waals surface area contributed by atoms with Crippen LogP contribution < -0.4 is 10.0 Å². The number of hydrogen-bond acceptors (Lipinski definition) is 4. The number of halogens is 1. The highest BCUT2D eigenvalue weighted by molar-refractivity contribution is 7.89. The van der Waals surface area contributed by atoms with E-state index in [4.69, 9.17) is 16.3 Å². The molecule has 0 atom stereocenters. The molecule has 0 saturated heterocycles. The zero-order chi connectivity index (χ0) is 19.3. The van der Waals surface area contributed by atoms with Crippen LogP contribution in [0, 0.1) is 0 Å².